The molecule has 1 heterocycles. The molecule has 0 aliphatic heterocycles. The molecule has 3 nitrogen and oxygen atoms in total. The first-order chi connectivity index (χ1) is 8.04. The zero-order valence-corrected chi connectivity index (χ0v) is 10.6. The molecular weight excluding hydrogens is 210 g/mol. The van der Waals surface area contributed by atoms with Crippen LogP contribution in [-0.4, -0.2) is 9.55 Å². The Hall–Kier alpha value is -2.08. The van der Waals surface area contributed by atoms with Gasteiger partial charge in [-0.25, -0.2) is 4.98 Å². The van der Waals surface area contributed by atoms with Crippen molar-refractivity contribution in [2.24, 2.45) is 7.05 Å². The molecule has 0 fully saturated rings. The van der Waals surface area contributed by atoms with Crippen LogP contribution in [0.4, 0.5) is 0 Å². The van der Waals surface area contributed by atoms with Crippen LogP contribution in [0.2, 0.25) is 0 Å². The molecular formula is C14H15N3. The first-order valence-electron chi connectivity index (χ1n) is 5.54. The predicted octanol–water partition coefficient (Wildman–Crippen LogP) is 2.88. The summed E-state index contributed by atoms with van der Waals surface area (Å²) in [7, 11) is 1.84. The van der Waals surface area contributed by atoms with Gasteiger partial charge in [0.1, 0.15) is 17.5 Å². The van der Waals surface area contributed by atoms with E-state index in [-0.39, 0.29) is 0 Å². The molecule has 0 saturated carbocycles. The minimum Gasteiger partial charge on any atom is -0.325 e. The molecule has 0 atom stereocenters. The first kappa shape index (κ1) is 11.4. The molecule has 0 saturated heterocycles. The van der Waals surface area contributed by atoms with Crippen LogP contribution in [0.5, 0.6) is 0 Å². The fraction of sp³-hybridized carbons (Fsp3) is 0.286. The number of nitrogens with zero attached hydrogens (tertiary/aromatic N) is 3. The van der Waals surface area contributed by atoms with Gasteiger partial charge in [0.25, 0.3) is 0 Å². The van der Waals surface area contributed by atoms with Crippen LogP contribution in [0.1, 0.15) is 22.4 Å². The average Bonchev–Trinajstić information content (AvgIpc) is 2.58. The molecule has 0 unspecified atom stereocenters. The molecule has 86 valence electrons. The van der Waals surface area contributed by atoms with Gasteiger partial charge in [-0.1, -0.05) is 17.7 Å². The Balaban J connectivity index is 2.74. The number of hydrogen-bond donors (Lipinski definition) is 0. The van der Waals surface area contributed by atoms with E-state index < -0.39 is 0 Å². The maximum Gasteiger partial charge on any atom is 0.147 e. The molecule has 17 heavy (non-hydrogen) atoms. The van der Waals surface area contributed by atoms with Gasteiger partial charge in [-0.3, -0.25) is 0 Å². The summed E-state index contributed by atoms with van der Waals surface area (Å²) in [5.41, 5.74) is 6.03. The summed E-state index contributed by atoms with van der Waals surface area (Å²) in [6.07, 6.45) is 1.69. The maximum absolute atomic E-state index is 9.18. The van der Waals surface area contributed by atoms with Crippen molar-refractivity contribution in [2.45, 2.75) is 20.8 Å². The lowest BCUT2D eigenvalue weighted by Crippen LogP contribution is -1.95. The van der Waals surface area contributed by atoms with E-state index in [9.17, 15) is 5.26 Å². The summed E-state index contributed by atoms with van der Waals surface area (Å²) in [5.74, 6) is 0. The van der Waals surface area contributed by atoms with Crippen molar-refractivity contribution >= 4 is 0 Å². The molecule has 1 aromatic heterocycles. The maximum atomic E-state index is 9.18. The van der Waals surface area contributed by atoms with Gasteiger partial charge in [-0.15, -0.1) is 0 Å². The largest absolute Gasteiger partial charge is 0.325 e. The topological polar surface area (TPSA) is 41.6 Å². The summed E-state index contributed by atoms with van der Waals surface area (Å²) >= 11 is 0. The van der Waals surface area contributed by atoms with Gasteiger partial charge in [0.2, 0.25) is 0 Å². The van der Waals surface area contributed by atoms with E-state index in [4.69, 9.17) is 0 Å². The van der Waals surface area contributed by atoms with Crippen molar-refractivity contribution in [3.05, 3.63) is 40.8 Å². The molecule has 3 heteroatoms. The highest BCUT2D eigenvalue weighted by Crippen LogP contribution is 2.29. The van der Waals surface area contributed by atoms with Gasteiger partial charge < -0.3 is 4.57 Å². The Kier molecular flexibility index (Phi) is 2.72. The Labute approximate surface area is 101 Å². The molecule has 0 aliphatic carbocycles. The summed E-state index contributed by atoms with van der Waals surface area (Å²) in [5, 5.41) is 9.18. The minimum absolute atomic E-state index is 0.611. The average molecular weight is 225 g/mol. The third kappa shape index (κ3) is 1.83. The van der Waals surface area contributed by atoms with Crippen molar-refractivity contribution in [2.75, 3.05) is 0 Å². The van der Waals surface area contributed by atoms with Gasteiger partial charge in [0, 0.05) is 12.6 Å². The van der Waals surface area contributed by atoms with Crippen molar-refractivity contribution in [1.82, 2.24) is 9.55 Å². The second-order valence-corrected chi connectivity index (χ2v) is 4.44. The van der Waals surface area contributed by atoms with Crippen LogP contribution in [0, 0.1) is 32.1 Å². The van der Waals surface area contributed by atoms with Gasteiger partial charge >= 0.3 is 0 Å². The summed E-state index contributed by atoms with van der Waals surface area (Å²) in [4.78, 5) is 4.35. The number of benzene rings is 1. The van der Waals surface area contributed by atoms with E-state index in [1.807, 2.05) is 7.05 Å². The van der Waals surface area contributed by atoms with Crippen LogP contribution < -0.4 is 0 Å². The molecule has 0 aliphatic rings. The fourth-order valence-corrected chi connectivity index (χ4v) is 2.30. The smallest absolute Gasteiger partial charge is 0.147 e. The van der Waals surface area contributed by atoms with Crippen LogP contribution in [0.25, 0.3) is 11.3 Å². The SMILES string of the molecule is Cc1cc(C)c(-c2ncn(C)c2C#N)c(C)c1. The molecule has 0 amide bonds. The van der Waals surface area contributed by atoms with E-state index in [1.165, 1.54) is 5.56 Å². The monoisotopic (exact) mass is 225 g/mol. The minimum atomic E-state index is 0.611. The van der Waals surface area contributed by atoms with E-state index in [0.717, 1.165) is 22.4 Å². The highest BCUT2D eigenvalue weighted by Gasteiger charge is 2.15. The molecule has 0 bridgehead atoms. The first-order valence-corrected chi connectivity index (χ1v) is 5.54. The molecule has 2 aromatic rings. The third-order valence-corrected chi connectivity index (χ3v) is 2.96. The molecule has 0 spiro atoms. The summed E-state index contributed by atoms with van der Waals surface area (Å²) < 4.78 is 1.76. The normalized spacial score (nSPS) is 10.3. The standard InChI is InChI=1S/C14H15N3/c1-9-5-10(2)13(11(3)6-9)14-12(7-15)17(4)8-16-14/h5-6,8H,1-4H3. The highest BCUT2D eigenvalue weighted by atomic mass is 15.0. The Morgan fingerprint density at radius 3 is 2.29 bits per heavy atom. The third-order valence-electron chi connectivity index (χ3n) is 2.96. The second kappa shape index (κ2) is 4.06. The Morgan fingerprint density at radius 1 is 1.18 bits per heavy atom. The van der Waals surface area contributed by atoms with Gasteiger partial charge in [0.15, 0.2) is 0 Å². The van der Waals surface area contributed by atoms with Crippen molar-refractivity contribution in [3.8, 4) is 17.3 Å². The molecule has 0 radical (unpaired) electrons. The van der Waals surface area contributed by atoms with Crippen molar-refractivity contribution in [1.29, 1.82) is 5.26 Å². The molecule has 1 aromatic carbocycles. The number of imidazole rings is 1. The quantitative estimate of drug-likeness (QED) is 0.748. The number of hydrogen-bond acceptors (Lipinski definition) is 2. The predicted molar refractivity (Wildman–Crippen MR) is 67.6 cm³/mol. The zero-order chi connectivity index (χ0) is 12.6. The fourth-order valence-electron chi connectivity index (χ4n) is 2.30. The summed E-state index contributed by atoms with van der Waals surface area (Å²) in [6.45, 7) is 6.20. The lowest BCUT2D eigenvalue weighted by atomic mass is 9.96. The van der Waals surface area contributed by atoms with E-state index >= 15 is 0 Å². The van der Waals surface area contributed by atoms with E-state index in [0.29, 0.717) is 5.69 Å². The van der Waals surface area contributed by atoms with Crippen LogP contribution in [-0.2, 0) is 7.05 Å². The van der Waals surface area contributed by atoms with Crippen LogP contribution in [0.15, 0.2) is 18.5 Å². The van der Waals surface area contributed by atoms with Crippen LogP contribution >= 0.6 is 0 Å². The van der Waals surface area contributed by atoms with Crippen molar-refractivity contribution < 1.29 is 0 Å². The van der Waals surface area contributed by atoms with Gasteiger partial charge in [-0.2, -0.15) is 5.26 Å². The molecule has 2 rings (SSSR count). The highest BCUT2D eigenvalue weighted by molar-refractivity contribution is 5.72. The number of nitriles is 1. The number of aromatic nitrogens is 2. The summed E-state index contributed by atoms with van der Waals surface area (Å²) in [6, 6.07) is 6.46. The van der Waals surface area contributed by atoms with Gasteiger partial charge in [0.05, 0.1) is 6.33 Å². The molecule has 0 N–H and O–H groups in total. The van der Waals surface area contributed by atoms with E-state index in [2.05, 4.69) is 44.0 Å². The Morgan fingerprint density at radius 2 is 1.76 bits per heavy atom. The number of aryl methyl sites for hydroxylation is 4. The lowest BCUT2D eigenvalue weighted by molar-refractivity contribution is 0.897. The lowest BCUT2D eigenvalue weighted by Gasteiger charge is -2.09. The van der Waals surface area contributed by atoms with Gasteiger partial charge in [-0.05, 0) is 31.9 Å². The zero-order valence-electron chi connectivity index (χ0n) is 10.6. The van der Waals surface area contributed by atoms with E-state index in [1.54, 1.807) is 10.9 Å². The van der Waals surface area contributed by atoms with Crippen molar-refractivity contribution in [3.63, 3.8) is 0 Å². The van der Waals surface area contributed by atoms with Crippen LogP contribution in [0.3, 0.4) is 0 Å². The second-order valence-electron chi connectivity index (χ2n) is 4.44. The Bertz CT molecular complexity index is 592. The number of rotatable bonds is 1.